The van der Waals surface area contributed by atoms with E-state index in [0.717, 1.165) is 65.5 Å². The van der Waals surface area contributed by atoms with E-state index in [9.17, 15) is 0 Å². The van der Waals surface area contributed by atoms with Gasteiger partial charge in [0.1, 0.15) is 11.2 Å². The molecule has 0 amide bonds. The van der Waals surface area contributed by atoms with Crippen LogP contribution < -0.4 is 0 Å². The Kier molecular flexibility index (Phi) is 4.27. The maximum absolute atomic E-state index is 8.98. The topological polar surface area (TPSA) is 13.1 Å². The van der Waals surface area contributed by atoms with E-state index in [1.807, 2.05) is 42.5 Å². The molecule has 0 unspecified atom stereocenters. The lowest BCUT2D eigenvalue weighted by Crippen LogP contribution is -1.93. The molecule has 200 valence electrons. The summed E-state index contributed by atoms with van der Waals surface area (Å²) in [6.45, 7) is 0. The largest absolute Gasteiger partial charge is 0.456 e. The molecule has 0 saturated heterocycles. The molecule has 0 fully saturated rings. The molecule has 0 saturated carbocycles. The number of fused-ring (bicyclic) bond motifs is 6. The Bertz CT molecular complexity index is 2710. The van der Waals surface area contributed by atoms with E-state index in [1.165, 1.54) is 5.39 Å². The molecule has 43 heavy (non-hydrogen) atoms. The van der Waals surface area contributed by atoms with Crippen molar-refractivity contribution in [1.82, 2.24) is 0 Å². The van der Waals surface area contributed by atoms with Gasteiger partial charge in [0.05, 0.1) is 6.85 Å². The molecule has 0 aliphatic carbocycles. The molecule has 0 N–H and O–H groups in total. The molecular weight excluding hydrogens is 520 g/mol. The minimum absolute atomic E-state index is 0.144. The van der Waals surface area contributed by atoms with Gasteiger partial charge in [0, 0.05) is 10.8 Å². The van der Waals surface area contributed by atoms with Crippen LogP contribution in [-0.2, 0) is 0 Å². The molecule has 0 radical (unpaired) electrons. The van der Waals surface area contributed by atoms with Gasteiger partial charge in [-0.1, -0.05) is 133 Å². The number of benzene rings is 8. The summed E-state index contributed by atoms with van der Waals surface area (Å²) in [4.78, 5) is 0. The lowest BCUT2D eigenvalue weighted by Gasteiger charge is -2.20. The van der Waals surface area contributed by atoms with Crippen LogP contribution in [0, 0.1) is 0 Å². The van der Waals surface area contributed by atoms with Gasteiger partial charge in [0.2, 0.25) is 0 Å². The molecule has 1 heterocycles. The minimum Gasteiger partial charge on any atom is -0.456 e. The van der Waals surface area contributed by atoms with Crippen molar-refractivity contribution < 1.29 is 11.3 Å². The monoisotopic (exact) mass is 551 g/mol. The average molecular weight is 552 g/mol. The fraction of sp³-hybridized carbons (Fsp3) is 0. The number of para-hydroxylation sites is 1. The third kappa shape index (κ3) is 3.72. The summed E-state index contributed by atoms with van der Waals surface area (Å²) in [6.07, 6.45) is 0. The highest BCUT2D eigenvalue weighted by atomic mass is 16.3. The van der Waals surface area contributed by atoms with Crippen LogP contribution in [0.5, 0.6) is 0 Å². The van der Waals surface area contributed by atoms with Gasteiger partial charge < -0.3 is 4.42 Å². The predicted molar refractivity (Wildman–Crippen MR) is 183 cm³/mol. The summed E-state index contributed by atoms with van der Waals surface area (Å²) < 4.78 is 49.6. The molecule has 8 aromatic carbocycles. The van der Waals surface area contributed by atoms with Gasteiger partial charge >= 0.3 is 0 Å². The Labute approximate surface area is 256 Å². The van der Waals surface area contributed by atoms with Crippen LogP contribution in [0.25, 0.3) is 87.6 Å². The third-order valence-electron chi connectivity index (χ3n) is 8.53. The fourth-order valence-electron chi connectivity index (χ4n) is 6.64. The molecule has 0 bridgehead atoms. The summed E-state index contributed by atoms with van der Waals surface area (Å²) in [5.41, 5.74) is 5.90. The maximum atomic E-state index is 8.98. The Morgan fingerprint density at radius 2 is 1.00 bits per heavy atom. The van der Waals surface area contributed by atoms with Crippen LogP contribution in [0.15, 0.2) is 162 Å². The van der Waals surface area contributed by atoms with Crippen molar-refractivity contribution in [3.8, 4) is 33.4 Å². The van der Waals surface area contributed by atoms with Crippen molar-refractivity contribution >= 4 is 54.3 Å². The maximum Gasteiger partial charge on any atom is 0.136 e. The van der Waals surface area contributed by atoms with Crippen LogP contribution in [-0.4, -0.2) is 0 Å². The van der Waals surface area contributed by atoms with E-state index >= 15 is 0 Å². The second-order valence-corrected chi connectivity index (χ2v) is 10.9. The van der Waals surface area contributed by atoms with Gasteiger partial charge in [-0.05, 0) is 90.0 Å². The molecule has 1 aromatic heterocycles. The van der Waals surface area contributed by atoms with E-state index in [1.54, 1.807) is 0 Å². The first-order valence-electron chi connectivity index (χ1n) is 16.9. The lowest BCUT2D eigenvalue weighted by molar-refractivity contribution is 0.669. The van der Waals surface area contributed by atoms with Crippen LogP contribution >= 0.6 is 0 Å². The lowest BCUT2D eigenvalue weighted by atomic mass is 9.83. The fourth-order valence-corrected chi connectivity index (χ4v) is 6.64. The summed E-state index contributed by atoms with van der Waals surface area (Å²) in [7, 11) is 0. The molecule has 0 aliphatic heterocycles. The molecule has 1 heteroatoms. The highest BCUT2D eigenvalue weighted by Gasteiger charge is 2.21. The van der Waals surface area contributed by atoms with Crippen LogP contribution in [0.2, 0.25) is 0 Å². The Hall–Kier alpha value is -5.66. The zero-order chi connectivity index (χ0) is 32.7. The van der Waals surface area contributed by atoms with Gasteiger partial charge in [-0.25, -0.2) is 0 Å². The van der Waals surface area contributed by atoms with Gasteiger partial charge in [-0.15, -0.1) is 0 Å². The smallest absolute Gasteiger partial charge is 0.136 e. The molecule has 1 nitrogen and oxygen atoms in total. The number of furan rings is 1. The Balaban J connectivity index is 1.47. The summed E-state index contributed by atoms with van der Waals surface area (Å²) in [5.74, 6) is 0. The third-order valence-corrected chi connectivity index (χ3v) is 8.53. The average Bonchev–Trinajstić information content (AvgIpc) is 3.49. The van der Waals surface area contributed by atoms with E-state index in [0.29, 0.717) is 11.1 Å². The highest BCUT2D eigenvalue weighted by Crippen LogP contribution is 2.48. The molecule has 0 atom stereocenters. The Morgan fingerprint density at radius 1 is 0.395 bits per heavy atom. The van der Waals surface area contributed by atoms with Crippen LogP contribution in [0.4, 0.5) is 0 Å². The van der Waals surface area contributed by atoms with Crippen LogP contribution in [0.1, 0.15) is 6.85 Å². The zero-order valence-corrected chi connectivity index (χ0v) is 23.0. The molecular formula is C42H26O. The first kappa shape index (κ1) is 19.5. The number of hydrogen-bond donors (Lipinski definition) is 0. The first-order chi connectivity index (χ1) is 23.4. The summed E-state index contributed by atoms with van der Waals surface area (Å²) in [6, 6.07) is 41.7. The standard InChI is InChI=1S/C42H26O/c1-2-13-28(14-3-1)36-26-40-37(31-16-10-11-21-39(31)43-40)25-38(36)42-34-19-8-6-17-32(34)41(33-18-7-9-20-35(33)42)30-23-22-27-12-4-5-15-29(27)24-30/h1-26H/i1D,2D,3D,13D,14D. The second kappa shape index (κ2) is 9.44. The molecule has 0 aliphatic rings. The van der Waals surface area contributed by atoms with Crippen LogP contribution in [0.3, 0.4) is 0 Å². The molecule has 9 aromatic rings. The van der Waals surface area contributed by atoms with Gasteiger partial charge in [-0.2, -0.15) is 0 Å². The highest BCUT2D eigenvalue weighted by molar-refractivity contribution is 6.23. The minimum atomic E-state index is -0.421. The quantitative estimate of drug-likeness (QED) is 0.199. The van der Waals surface area contributed by atoms with E-state index in [4.69, 9.17) is 11.3 Å². The zero-order valence-electron chi connectivity index (χ0n) is 28.0. The predicted octanol–water partition coefficient (Wildman–Crippen LogP) is 12.0. The van der Waals surface area contributed by atoms with Gasteiger partial charge in [0.15, 0.2) is 0 Å². The second-order valence-electron chi connectivity index (χ2n) is 10.9. The molecule has 9 rings (SSSR count). The van der Waals surface area contributed by atoms with Crippen molar-refractivity contribution in [1.29, 1.82) is 0 Å². The molecule has 0 spiro atoms. The SMILES string of the molecule is [2H]c1c([2H])c([2H])c(-c2cc3oc4ccccc4c3cc2-c2c3ccccc3c(-c3ccc4ccccc4c3)c3ccccc23)c([2H])c1[2H]. The number of rotatable bonds is 3. The van der Waals surface area contributed by atoms with Crippen molar-refractivity contribution in [2.24, 2.45) is 0 Å². The van der Waals surface area contributed by atoms with E-state index in [2.05, 4.69) is 84.9 Å². The summed E-state index contributed by atoms with van der Waals surface area (Å²) >= 11 is 0. The number of hydrogen-bond acceptors (Lipinski definition) is 1. The summed E-state index contributed by atoms with van der Waals surface area (Å²) in [5, 5.41) is 8.30. The first-order valence-corrected chi connectivity index (χ1v) is 14.4. The van der Waals surface area contributed by atoms with E-state index < -0.39 is 6.04 Å². The van der Waals surface area contributed by atoms with Gasteiger partial charge in [-0.3, -0.25) is 0 Å². The van der Waals surface area contributed by atoms with Crippen molar-refractivity contribution in [3.05, 3.63) is 158 Å². The van der Waals surface area contributed by atoms with Crippen molar-refractivity contribution in [2.75, 3.05) is 0 Å². The van der Waals surface area contributed by atoms with Crippen molar-refractivity contribution in [2.45, 2.75) is 0 Å². The van der Waals surface area contributed by atoms with E-state index in [-0.39, 0.29) is 29.7 Å². The normalized spacial score (nSPS) is 13.3. The van der Waals surface area contributed by atoms with Crippen molar-refractivity contribution in [3.63, 3.8) is 0 Å². The Morgan fingerprint density at radius 3 is 1.72 bits per heavy atom. The van der Waals surface area contributed by atoms with Gasteiger partial charge in [0.25, 0.3) is 0 Å².